The van der Waals surface area contributed by atoms with Crippen LogP contribution in [0.1, 0.15) is 0 Å². The summed E-state index contributed by atoms with van der Waals surface area (Å²) in [5, 5.41) is 14.8. The number of methoxy groups -OCH3 is 1. The molecule has 2 rings (SSSR count). The van der Waals surface area contributed by atoms with Crippen LogP contribution in [0.3, 0.4) is 0 Å². The molecule has 0 amide bonds. The van der Waals surface area contributed by atoms with Crippen molar-refractivity contribution >= 4 is 40.7 Å². The molecular formula is C12H13Cl2N5O. The van der Waals surface area contributed by atoms with Crippen molar-refractivity contribution in [1.29, 1.82) is 0 Å². The SMILES string of the molecule is COCCNc1nncc(Nc2ccc(Cl)c(Cl)c2)n1. The first-order valence-electron chi connectivity index (χ1n) is 5.83. The molecular weight excluding hydrogens is 301 g/mol. The maximum absolute atomic E-state index is 5.95. The highest BCUT2D eigenvalue weighted by Gasteiger charge is 2.03. The number of nitrogens with zero attached hydrogens (tertiary/aromatic N) is 3. The van der Waals surface area contributed by atoms with Crippen LogP contribution in [0, 0.1) is 0 Å². The molecule has 1 aromatic carbocycles. The van der Waals surface area contributed by atoms with E-state index in [2.05, 4.69) is 25.8 Å². The van der Waals surface area contributed by atoms with E-state index < -0.39 is 0 Å². The van der Waals surface area contributed by atoms with E-state index in [-0.39, 0.29) is 0 Å². The zero-order valence-electron chi connectivity index (χ0n) is 10.7. The Morgan fingerprint density at radius 1 is 1.25 bits per heavy atom. The Balaban J connectivity index is 2.05. The third-order valence-corrected chi connectivity index (χ3v) is 3.08. The van der Waals surface area contributed by atoms with E-state index >= 15 is 0 Å². The molecule has 0 saturated carbocycles. The van der Waals surface area contributed by atoms with Crippen molar-refractivity contribution in [3.05, 3.63) is 34.4 Å². The number of hydrogen-bond donors (Lipinski definition) is 2. The van der Waals surface area contributed by atoms with Crippen LogP contribution in [-0.2, 0) is 4.74 Å². The molecule has 0 aliphatic rings. The second kappa shape index (κ2) is 7.23. The van der Waals surface area contributed by atoms with E-state index in [4.69, 9.17) is 27.9 Å². The van der Waals surface area contributed by atoms with Gasteiger partial charge in [-0.1, -0.05) is 23.2 Å². The largest absolute Gasteiger partial charge is 0.383 e. The van der Waals surface area contributed by atoms with Gasteiger partial charge in [0.05, 0.1) is 22.8 Å². The molecule has 0 saturated heterocycles. The number of ether oxygens (including phenoxy) is 1. The fourth-order valence-corrected chi connectivity index (χ4v) is 1.72. The van der Waals surface area contributed by atoms with Crippen LogP contribution in [-0.4, -0.2) is 35.4 Å². The zero-order chi connectivity index (χ0) is 14.4. The number of rotatable bonds is 6. The van der Waals surface area contributed by atoms with Gasteiger partial charge in [0.25, 0.3) is 0 Å². The van der Waals surface area contributed by atoms with Crippen molar-refractivity contribution in [2.75, 3.05) is 30.9 Å². The van der Waals surface area contributed by atoms with Crippen molar-refractivity contribution in [3.63, 3.8) is 0 Å². The normalized spacial score (nSPS) is 10.3. The first-order valence-corrected chi connectivity index (χ1v) is 6.59. The minimum absolute atomic E-state index is 0.423. The Morgan fingerprint density at radius 3 is 2.85 bits per heavy atom. The third-order valence-electron chi connectivity index (χ3n) is 2.34. The third kappa shape index (κ3) is 4.19. The monoisotopic (exact) mass is 313 g/mol. The maximum Gasteiger partial charge on any atom is 0.244 e. The van der Waals surface area contributed by atoms with Crippen molar-refractivity contribution in [2.45, 2.75) is 0 Å². The zero-order valence-corrected chi connectivity index (χ0v) is 12.2. The van der Waals surface area contributed by atoms with Gasteiger partial charge in [0.1, 0.15) is 0 Å². The summed E-state index contributed by atoms with van der Waals surface area (Å²) < 4.78 is 4.93. The van der Waals surface area contributed by atoms with Crippen molar-refractivity contribution in [1.82, 2.24) is 15.2 Å². The molecule has 2 aromatic rings. The van der Waals surface area contributed by atoms with Crippen LogP contribution in [0.5, 0.6) is 0 Å². The Bertz CT molecular complexity index is 582. The lowest BCUT2D eigenvalue weighted by Gasteiger charge is -2.08. The summed E-state index contributed by atoms with van der Waals surface area (Å²) in [6, 6.07) is 5.22. The average Bonchev–Trinajstić information content (AvgIpc) is 2.44. The summed E-state index contributed by atoms with van der Waals surface area (Å²) in [6.45, 7) is 1.17. The summed E-state index contributed by atoms with van der Waals surface area (Å²) >= 11 is 11.8. The molecule has 20 heavy (non-hydrogen) atoms. The summed E-state index contributed by atoms with van der Waals surface area (Å²) in [5.41, 5.74) is 0.766. The molecule has 1 aromatic heterocycles. The summed E-state index contributed by atoms with van der Waals surface area (Å²) in [5.74, 6) is 0.977. The van der Waals surface area contributed by atoms with Crippen LogP contribution in [0.4, 0.5) is 17.5 Å². The Hall–Kier alpha value is -1.63. The smallest absolute Gasteiger partial charge is 0.244 e. The molecule has 0 fully saturated rings. The number of hydrogen-bond acceptors (Lipinski definition) is 6. The summed E-state index contributed by atoms with van der Waals surface area (Å²) in [6.07, 6.45) is 1.52. The Morgan fingerprint density at radius 2 is 2.10 bits per heavy atom. The van der Waals surface area contributed by atoms with Gasteiger partial charge in [0.15, 0.2) is 5.82 Å². The second-order valence-electron chi connectivity index (χ2n) is 3.84. The topological polar surface area (TPSA) is 72.0 Å². The van der Waals surface area contributed by atoms with Gasteiger partial charge in [0.2, 0.25) is 5.95 Å². The van der Waals surface area contributed by atoms with Gasteiger partial charge in [-0.15, -0.1) is 5.10 Å². The van der Waals surface area contributed by atoms with Crippen LogP contribution < -0.4 is 10.6 Å². The standard InChI is InChI=1S/C12H13Cl2N5O/c1-20-5-4-15-12-18-11(7-16-19-12)17-8-2-3-9(13)10(14)6-8/h2-3,6-7H,4-5H2,1H3,(H2,15,17,18,19). The van der Waals surface area contributed by atoms with Crippen LogP contribution >= 0.6 is 23.2 Å². The van der Waals surface area contributed by atoms with Gasteiger partial charge in [-0.25, -0.2) is 0 Å². The lowest BCUT2D eigenvalue weighted by molar-refractivity contribution is 0.210. The van der Waals surface area contributed by atoms with E-state index in [1.54, 1.807) is 25.3 Å². The Labute approximate surface area is 126 Å². The fraction of sp³-hybridized carbons (Fsp3) is 0.250. The van der Waals surface area contributed by atoms with Crippen molar-refractivity contribution in [2.24, 2.45) is 0 Å². The molecule has 0 bridgehead atoms. The molecule has 6 nitrogen and oxygen atoms in total. The number of halogens is 2. The van der Waals surface area contributed by atoms with E-state index in [1.807, 2.05) is 0 Å². The minimum Gasteiger partial charge on any atom is -0.383 e. The average molecular weight is 314 g/mol. The lowest BCUT2D eigenvalue weighted by atomic mass is 10.3. The highest BCUT2D eigenvalue weighted by Crippen LogP contribution is 2.26. The van der Waals surface area contributed by atoms with Gasteiger partial charge >= 0.3 is 0 Å². The predicted octanol–water partition coefficient (Wildman–Crippen LogP) is 2.98. The van der Waals surface area contributed by atoms with Crippen molar-refractivity contribution in [3.8, 4) is 0 Å². The molecule has 2 N–H and O–H groups in total. The molecule has 0 aliphatic heterocycles. The number of anilines is 3. The second-order valence-corrected chi connectivity index (χ2v) is 4.65. The quantitative estimate of drug-likeness (QED) is 0.799. The fourth-order valence-electron chi connectivity index (χ4n) is 1.43. The molecule has 0 radical (unpaired) electrons. The van der Waals surface area contributed by atoms with E-state index in [0.29, 0.717) is 35.0 Å². The van der Waals surface area contributed by atoms with E-state index in [0.717, 1.165) is 5.69 Å². The molecule has 0 atom stereocenters. The summed E-state index contributed by atoms with van der Waals surface area (Å²) in [4.78, 5) is 4.26. The number of benzene rings is 1. The lowest BCUT2D eigenvalue weighted by Crippen LogP contribution is -2.11. The highest BCUT2D eigenvalue weighted by atomic mass is 35.5. The summed E-state index contributed by atoms with van der Waals surface area (Å²) in [7, 11) is 1.63. The van der Waals surface area contributed by atoms with Gasteiger partial charge < -0.3 is 15.4 Å². The molecule has 106 valence electrons. The molecule has 0 aliphatic carbocycles. The van der Waals surface area contributed by atoms with E-state index in [1.165, 1.54) is 6.20 Å². The first-order chi connectivity index (χ1) is 9.69. The highest BCUT2D eigenvalue weighted by molar-refractivity contribution is 6.42. The number of aromatic nitrogens is 3. The van der Waals surface area contributed by atoms with Crippen LogP contribution in [0.25, 0.3) is 0 Å². The van der Waals surface area contributed by atoms with Crippen LogP contribution in [0.15, 0.2) is 24.4 Å². The van der Waals surface area contributed by atoms with Crippen LogP contribution in [0.2, 0.25) is 10.0 Å². The molecule has 8 heteroatoms. The van der Waals surface area contributed by atoms with E-state index in [9.17, 15) is 0 Å². The molecule has 0 spiro atoms. The maximum atomic E-state index is 5.95. The first kappa shape index (κ1) is 14.8. The van der Waals surface area contributed by atoms with Gasteiger partial charge in [0, 0.05) is 19.3 Å². The minimum atomic E-state index is 0.423. The molecule has 0 unspecified atom stereocenters. The predicted molar refractivity (Wildman–Crippen MR) is 79.9 cm³/mol. The molecule has 1 heterocycles. The number of nitrogens with one attached hydrogen (secondary N) is 2. The van der Waals surface area contributed by atoms with Gasteiger partial charge in [-0.3, -0.25) is 0 Å². The van der Waals surface area contributed by atoms with Gasteiger partial charge in [-0.05, 0) is 18.2 Å². The Kier molecular flexibility index (Phi) is 5.34. The van der Waals surface area contributed by atoms with Gasteiger partial charge in [-0.2, -0.15) is 10.1 Å². The van der Waals surface area contributed by atoms with Crippen molar-refractivity contribution < 1.29 is 4.74 Å².